The number of nitrogens with one attached hydrogen (secondary N) is 1. The molecule has 0 aliphatic rings. The fraction of sp³-hybridized carbons (Fsp3) is 0.235. The molecule has 25 heavy (non-hydrogen) atoms. The monoisotopic (exact) mass is 382 g/mol. The summed E-state index contributed by atoms with van der Waals surface area (Å²) < 4.78 is 29.8. The summed E-state index contributed by atoms with van der Waals surface area (Å²) in [6, 6.07) is 13.2. The van der Waals surface area contributed by atoms with Gasteiger partial charge in [0.25, 0.3) is 5.91 Å². The van der Waals surface area contributed by atoms with E-state index in [-0.39, 0.29) is 5.91 Å². The van der Waals surface area contributed by atoms with Gasteiger partial charge in [0.15, 0.2) is 6.10 Å². The van der Waals surface area contributed by atoms with E-state index in [0.29, 0.717) is 22.1 Å². The minimum atomic E-state index is -3.32. The first kappa shape index (κ1) is 19.1. The smallest absolute Gasteiger partial charge is 0.265 e. The van der Waals surface area contributed by atoms with Crippen LogP contribution in [0.15, 0.2) is 48.5 Å². The van der Waals surface area contributed by atoms with Gasteiger partial charge in [-0.25, -0.2) is 8.42 Å². The Morgan fingerprint density at radius 3 is 2.20 bits per heavy atom. The maximum Gasteiger partial charge on any atom is 0.265 e. The molecule has 0 radical (unpaired) electrons. The van der Waals surface area contributed by atoms with E-state index in [2.05, 4.69) is 5.32 Å². The van der Waals surface area contributed by atoms with Crippen molar-refractivity contribution in [2.24, 2.45) is 0 Å². The lowest BCUT2D eigenvalue weighted by Crippen LogP contribution is -2.30. The predicted octanol–water partition coefficient (Wildman–Crippen LogP) is 3.14. The molecule has 8 heteroatoms. The lowest BCUT2D eigenvalue weighted by molar-refractivity contribution is -0.122. The molecule has 0 bridgehead atoms. The summed E-state index contributed by atoms with van der Waals surface area (Å²) in [6.07, 6.45) is 0.398. The number of ether oxygens (including phenoxy) is 1. The summed E-state index contributed by atoms with van der Waals surface area (Å²) in [5.41, 5.74) is 1.13. The Labute approximate surface area is 152 Å². The minimum absolute atomic E-state index is 0.306. The van der Waals surface area contributed by atoms with Crippen LogP contribution < -0.4 is 14.4 Å². The number of rotatable bonds is 6. The Kier molecular flexibility index (Phi) is 5.92. The van der Waals surface area contributed by atoms with Crippen LogP contribution in [0.1, 0.15) is 6.92 Å². The Bertz CT molecular complexity index is 836. The number of halogens is 1. The molecular formula is C17H19ClN2O4S. The fourth-order valence-electron chi connectivity index (χ4n) is 1.96. The number of benzene rings is 2. The van der Waals surface area contributed by atoms with Crippen LogP contribution in [0, 0.1) is 0 Å². The molecule has 0 saturated carbocycles. The van der Waals surface area contributed by atoms with Crippen molar-refractivity contribution in [2.45, 2.75) is 13.0 Å². The van der Waals surface area contributed by atoms with Crippen molar-refractivity contribution < 1.29 is 17.9 Å². The zero-order valence-electron chi connectivity index (χ0n) is 14.1. The molecule has 1 unspecified atom stereocenters. The van der Waals surface area contributed by atoms with Crippen molar-refractivity contribution in [1.82, 2.24) is 0 Å². The predicted molar refractivity (Wildman–Crippen MR) is 99.9 cm³/mol. The number of carbonyl (C=O) groups excluding carboxylic acids is 1. The third-order valence-corrected chi connectivity index (χ3v) is 4.95. The zero-order valence-corrected chi connectivity index (χ0v) is 15.6. The average molecular weight is 383 g/mol. The topological polar surface area (TPSA) is 75.7 Å². The molecule has 0 aliphatic heterocycles. The summed E-state index contributed by atoms with van der Waals surface area (Å²) in [6.45, 7) is 1.63. The van der Waals surface area contributed by atoms with Crippen LogP contribution >= 0.6 is 11.6 Å². The number of amides is 1. The minimum Gasteiger partial charge on any atom is -0.481 e. The van der Waals surface area contributed by atoms with Crippen LogP contribution in [-0.2, 0) is 14.8 Å². The fourth-order valence-corrected chi connectivity index (χ4v) is 2.59. The van der Waals surface area contributed by atoms with Gasteiger partial charge >= 0.3 is 0 Å². The normalized spacial score (nSPS) is 12.3. The Hall–Kier alpha value is -2.25. The van der Waals surface area contributed by atoms with E-state index in [1.165, 1.54) is 7.05 Å². The van der Waals surface area contributed by atoms with Gasteiger partial charge in [0, 0.05) is 17.8 Å². The summed E-state index contributed by atoms with van der Waals surface area (Å²) >= 11 is 5.80. The van der Waals surface area contributed by atoms with Gasteiger partial charge in [-0.1, -0.05) is 11.6 Å². The van der Waals surface area contributed by atoms with E-state index in [4.69, 9.17) is 16.3 Å². The standard InChI is InChI=1S/C17H19ClN2O4S/c1-12(17(21)19-14-6-4-13(18)5-7-14)24-16-10-8-15(9-11-16)20(2)25(3,22)23/h4-12H,1-3H3,(H,19,21). The van der Waals surface area contributed by atoms with E-state index in [0.717, 1.165) is 10.6 Å². The highest BCUT2D eigenvalue weighted by atomic mass is 35.5. The molecule has 0 fully saturated rings. The second kappa shape index (κ2) is 7.76. The van der Waals surface area contributed by atoms with Gasteiger partial charge in [0.1, 0.15) is 5.75 Å². The Morgan fingerprint density at radius 2 is 1.68 bits per heavy atom. The molecule has 0 aromatic heterocycles. The van der Waals surface area contributed by atoms with Crippen molar-refractivity contribution in [3.05, 3.63) is 53.6 Å². The quantitative estimate of drug-likeness (QED) is 0.832. The van der Waals surface area contributed by atoms with Gasteiger partial charge in [0.05, 0.1) is 11.9 Å². The van der Waals surface area contributed by atoms with Crippen molar-refractivity contribution in [1.29, 1.82) is 0 Å². The average Bonchev–Trinajstić information content (AvgIpc) is 2.56. The first-order valence-electron chi connectivity index (χ1n) is 7.44. The highest BCUT2D eigenvalue weighted by Crippen LogP contribution is 2.21. The third-order valence-electron chi connectivity index (χ3n) is 3.49. The van der Waals surface area contributed by atoms with Crippen LogP contribution in [0.2, 0.25) is 5.02 Å². The number of hydrogen-bond donors (Lipinski definition) is 1. The molecule has 2 rings (SSSR count). The molecule has 0 heterocycles. The van der Waals surface area contributed by atoms with Crippen molar-refractivity contribution >= 4 is 38.9 Å². The lowest BCUT2D eigenvalue weighted by Gasteiger charge is -2.18. The number of anilines is 2. The van der Waals surface area contributed by atoms with Gasteiger partial charge in [-0.15, -0.1) is 0 Å². The van der Waals surface area contributed by atoms with E-state index < -0.39 is 16.1 Å². The molecule has 6 nitrogen and oxygen atoms in total. The Balaban J connectivity index is 1.99. The molecule has 0 saturated heterocycles. The maximum atomic E-state index is 12.2. The van der Waals surface area contributed by atoms with Gasteiger partial charge in [-0.2, -0.15) is 0 Å². The highest BCUT2D eigenvalue weighted by molar-refractivity contribution is 7.92. The van der Waals surface area contributed by atoms with Gasteiger partial charge in [0.2, 0.25) is 10.0 Å². The second-order valence-electron chi connectivity index (χ2n) is 5.48. The summed E-state index contributed by atoms with van der Waals surface area (Å²) in [7, 11) is -1.86. The van der Waals surface area contributed by atoms with Crippen molar-refractivity contribution in [2.75, 3.05) is 22.9 Å². The van der Waals surface area contributed by atoms with Crippen LogP contribution in [0.25, 0.3) is 0 Å². The van der Waals surface area contributed by atoms with E-state index in [1.807, 2.05) is 0 Å². The maximum absolute atomic E-state index is 12.2. The van der Waals surface area contributed by atoms with E-state index in [9.17, 15) is 13.2 Å². The second-order valence-corrected chi connectivity index (χ2v) is 7.93. The Morgan fingerprint density at radius 1 is 1.12 bits per heavy atom. The number of carbonyl (C=O) groups is 1. The molecule has 0 aliphatic carbocycles. The molecule has 2 aromatic carbocycles. The molecule has 1 N–H and O–H groups in total. The van der Waals surface area contributed by atoms with Crippen molar-refractivity contribution in [3.8, 4) is 5.75 Å². The summed E-state index contributed by atoms with van der Waals surface area (Å²) in [5, 5.41) is 3.31. The number of nitrogens with zero attached hydrogens (tertiary/aromatic N) is 1. The summed E-state index contributed by atoms with van der Waals surface area (Å²) in [5.74, 6) is 0.157. The molecule has 2 aromatic rings. The lowest BCUT2D eigenvalue weighted by atomic mass is 10.3. The molecule has 0 spiro atoms. The molecule has 1 amide bonds. The zero-order chi connectivity index (χ0) is 18.6. The first-order valence-corrected chi connectivity index (χ1v) is 9.66. The third kappa shape index (κ3) is 5.37. The van der Waals surface area contributed by atoms with Gasteiger partial charge in [-0.05, 0) is 55.5 Å². The largest absolute Gasteiger partial charge is 0.481 e. The van der Waals surface area contributed by atoms with Gasteiger partial charge < -0.3 is 10.1 Å². The summed E-state index contributed by atoms with van der Waals surface area (Å²) in [4.78, 5) is 12.2. The number of sulfonamides is 1. The van der Waals surface area contributed by atoms with E-state index in [1.54, 1.807) is 55.5 Å². The first-order chi connectivity index (χ1) is 11.7. The SMILES string of the molecule is CC(Oc1ccc(N(C)S(C)(=O)=O)cc1)C(=O)Nc1ccc(Cl)cc1. The number of hydrogen-bond acceptors (Lipinski definition) is 4. The van der Waals surface area contributed by atoms with Crippen molar-refractivity contribution in [3.63, 3.8) is 0 Å². The van der Waals surface area contributed by atoms with Crippen LogP contribution in [0.5, 0.6) is 5.75 Å². The molecular weight excluding hydrogens is 364 g/mol. The van der Waals surface area contributed by atoms with Crippen LogP contribution in [-0.4, -0.2) is 33.7 Å². The van der Waals surface area contributed by atoms with Crippen LogP contribution in [0.3, 0.4) is 0 Å². The van der Waals surface area contributed by atoms with Crippen LogP contribution in [0.4, 0.5) is 11.4 Å². The highest BCUT2D eigenvalue weighted by Gasteiger charge is 2.16. The van der Waals surface area contributed by atoms with Gasteiger partial charge in [-0.3, -0.25) is 9.10 Å². The molecule has 134 valence electrons. The van der Waals surface area contributed by atoms with E-state index >= 15 is 0 Å². The molecule has 1 atom stereocenters.